The van der Waals surface area contributed by atoms with E-state index in [-0.39, 0.29) is 5.91 Å². The molecular formula is C21H30N4O3. The SMILES string of the molecule is CN1CCC2(CC1)NC(=O)C(C(=O)Nc1ccc(N3CCCCC3)cc1)C2O. The van der Waals surface area contributed by atoms with Crippen molar-refractivity contribution in [1.29, 1.82) is 0 Å². The van der Waals surface area contributed by atoms with Crippen LogP contribution in [0.1, 0.15) is 32.1 Å². The average Bonchev–Trinajstić information content (AvgIpc) is 2.95. The van der Waals surface area contributed by atoms with Crippen LogP contribution in [-0.2, 0) is 9.59 Å². The number of nitrogens with zero attached hydrogens (tertiary/aromatic N) is 2. The van der Waals surface area contributed by atoms with Crippen LogP contribution in [0.4, 0.5) is 11.4 Å². The highest BCUT2D eigenvalue weighted by molar-refractivity contribution is 6.08. The molecule has 0 aromatic heterocycles. The molecule has 0 saturated carbocycles. The van der Waals surface area contributed by atoms with E-state index in [0.717, 1.165) is 31.9 Å². The Bertz CT molecular complexity index is 722. The van der Waals surface area contributed by atoms with Crippen molar-refractivity contribution >= 4 is 23.2 Å². The lowest BCUT2D eigenvalue weighted by Gasteiger charge is -2.40. The largest absolute Gasteiger partial charge is 0.389 e. The highest BCUT2D eigenvalue weighted by atomic mass is 16.3. The number of aliphatic hydroxyl groups is 1. The van der Waals surface area contributed by atoms with Gasteiger partial charge >= 0.3 is 0 Å². The third-order valence-electron chi connectivity index (χ3n) is 6.55. The number of benzene rings is 1. The van der Waals surface area contributed by atoms with Crippen molar-refractivity contribution in [2.45, 2.75) is 43.7 Å². The van der Waals surface area contributed by atoms with Crippen molar-refractivity contribution < 1.29 is 14.7 Å². The number of anilines is 2. The number of hydrogen-bond donors (Lipinski definition) is 3. The van der Waals surface area contributed by atoms with Crippen molar-refractivity contribution in [3.63, 3.8) is 0 Å². The van der Waals surface area contributed by atoms with Crippen LogP contribution < -0.4 is 15.5 Å². The van der Waals surface area contributed by atoms with Crippen LogP contribution >= 0.6 is 0 Å². The maximum Gasteiger partial charge on any atom is 0.239 e. The van der Waals surface area contributed by atoms with Gasteiger partial charge in [0.2, 0.25) is 11.8 Å². The fourth-order valence-electron chi connectivity index (χ4n) is 4.69. The molecule has 7 nitrogen and oxygen atoms in total. The molecule has 0 radical (unpaired) electrons. The number of aliphatic hydroxyl groups excluding tert-OH is 1. The normalized spacial score (nSPS) is 27.6. The van der Waals surface area contributed by atoms with E-state index in [1.54, 1.807) is 0 Å². The number of carbonyl (C=O) groups is 2. The lowest BCUT2D eigenvalue weighted by Crippen LogP contribution is -2.55. The molecule has 3 aliphatic heterocycles. The van der Waals surface area contributed by atoms with Crippen molar-refractivity contribution in [2.24, 2.45) is 5.92 Å². The third kappa shape index (κ3) is 3.61. The van der Waals surface area contributed by atoms with Crippen LogP contribution in [0.3, 0.4) is 0 Å². The Balaban J connectivity index is 1.41. The summed E-state index contributed by atoms with van der Waals surface area (Å²) in [6, 6.07) is 7.74. The molecule has 3 saturated heterocycles. The highest BCUT2D eigenvalue weighted by Crippen LogP contribution is 2.35. The first-order valence-electron chi connectivity index (χ1n) is 10.3. The van der Waals surface area contributed by atoms with E-state index in [1.165, 1.54) is 19.3 Å². The maximum atomic E-state index is 12.8. The lowest BCUT2D eigenvalue weighted by atomic mass is 9.81. The average molecular weight is 386 g/mol. The Hall–Kier alpha value is -2.12. The number of rotatable bonds is 3. The Labute approximate surface area is 166 Å². The summed E-state index contributed by atoms with van der Waals surface area (Å²) in [6.07, 6.45) is 4.03. The van der Waals surface area contributed by atoms with Gasteiger partial charge in [0.1, 0.15) is 5.92 Å². The minimum absolute atomic E-state index is 0.375. The summed E-state index contributed by atoms with van der Waals surface area (Å²) in [7, 11) is 2.02. The Kier molecular flexibility index (Phi) is 5.29. The predicted molar refractivity (Wildman–Crippen MR) is 108 cm³/mol. The topological polar surface area (TPSA) is 84.9 Å². The van der Waals surface area contributed by atoms with Crippen molar-refractivity contribution in [2.75, 3.05) is 43.4 Å². The molecule has 2 unspecified atom stereocenters. The second-order valence-electron chi connectivity index (χ2n) is 8.46. The number of likely N-dealkylation sites (tertiary alicyclic amines) is 1. The fourth-order valence-corrected chi connectivity index (χ4v) is 4.69. The number of carbonyl (C=O) groups excluding carboxylic acids is 2. The molecule has 28 heavy (non-hydrogen) atoms. The Morgan fingerprint density at radius 2 is 1.75 bits per heavy atom. The van der Waals surface area contributed by atoms with Crippen molar-refractivity contribution in [3.8, 4) is 0 Å². The fraction of sp³-hybridized carbons (Fsp3) is 0.619. The lowest BCUT2D eigenvalue weighted by molar-refractivity contribution is -0.132. The van der Waals surface area contributed by atoms with Gasteiger partial charge in [0.05, 0.1) is 11.6 Å². The van der Waals surface area contributed by atoms with Gasteiger partial charge in [0.15, 0.2) is 0 Å². The summed E-state index contributed by atoms with van der Waals surface area (Å²) in [6.45, 7) is 3.72. The molecule has 3 fully saturated rings. The first kappa shape index (κ1) is 19.2. The summed E-state index contributed by atoms with van der Waals surface area (Å²) in [5.41, 5.74) is 1.13. The monoisotopic (exact) mass is 386 g/mol. The standard InChI is InChI=1S/C21H30N4O3/c1-24-13-9-21(10-14-24)18(26)17(20(28)23-21)19(27)22-15-5-7-16(8-6-15)25-11-3-2-4-12-25/h5-8,17-18,26H,2-4,9-14H2,1H3,(H,22,27)(H,23,28). The zero-order valence-corrected chi connectivity index (χ0v) is 16.5. The van der Waals surface area contributed by atoms with E-state index in [4.69, 9.17) is 0 Å². The third-order valence-corrected chi connectivity index (χ3v) is 6.55. The summed E-state index contributed by atoms with van der Waals surface area (Å²) >= 11 is 0. The molecule has 2 amide bonds. The summed E-state index contributed by atoms with van der Waals surface area (Å²) in [5.74, 6) is -1.88. The van der Waals surface area contributed by atoms with E-state index in [0.29, 0.717) is 18.5 Å². The van der Waals surface area contributed by atoms with E-state index in [9.17, 15) is 14.7 Å². The van der Waals surface area contributed by atoms with Gasteiger partial charge in [0, 0.05) is 37.6 Å². The molecule has 152 valence electrons. The molecule has 1 aromatic rings. The number of hydrogen-bond acceptors (Lipinski definition) is 5. The van der Waals surface area contributed by atoms with Crippen LogP contribution in [0.25, 0.3) is 0 Å². The molecule has 4 rings (SSSR count). The number of piperidine rings is 2. The van der Waals surface area contributed by atoms with Gasteiger partial charge in [-0.05, 0) is 63.4 Å². The van der Waals surface area contributed by atoms with Crippen LogP contribution in [-0.4, -0.2) is 66.7 Å². The van der Waals surface area contributed by atoms with Crippen molar-refractivity contribution in [3.05, 3.63) is 24.3 Å². The molecule has 3 N–H and O–H groups in total. The zero-order valence-electron chi connectivity index (χ0n) is 16.5. The predicted octanol–water partition coefficient (Wildman–Crippen LogP) is 1.19. The smallest absolute Gasteiger partial charge is 0.239 e. The molecule has 1 aromatic carbocycles. The summed E-state index contributed by atoms with van der Waals surface area (Å²) < 4.78 is 0. The van der Waals surface area contributed by atoms with Gasteiger partial charge in [0.25, 0.3) is 0 Å². The van der Waals surface area contributed by atoms with Gasteiger partial charge in [-0.3, -0.25) is 9.59 Å². The quantitative estimate of drug-likeness (QED) is 0.680. The van der Waals surface area contributed by atoms with E-state index < -0.39 is 23.5 Å². The number of amides is 2. The first-order valence-corrected chi connectivity index (χ1v) is 10.3. The number of nitrogens with one attached hydrogen (secondary N) is 2. The maximum absolute atomic E-state index is 12.8. The summed E-state index contributed by atoms with van der Waals surface area (Å²) in [4.78, 5) is 29.8. The van der Waals surface area contributed by atoms with Crippen LogP contribution in [0, 0.1) is 5.92 Å². The molecule has 3 aliphatic rings. The van der Waals surface area contributed by atoms with E-state index in [2.05, 4.69) is 20.4 Å². The molecule has 0 bridgehead atoms. The molecular weight excluding hydrogens is 356 g/mol. The van der Waals surface area contributed by atoms with E-state index >= 15 is 0 Å². The second-order valence-corrected chi connectivity index (χ2v) is 8.46. The van der Waals surface area contributed by atoms with Crippen LogP contribution in [0.2, 0.25) is 0 Å². The minimum atomic E-state index is -1.06. The minimum Gasteiger partial charge on any atom is -0.389 e. The van der Waals surface area contributed by atoms with Gasteiger partial charge in [-0.1, -0.05) is 0 Å². The van der Waals surface area contributed by atoms with Gasteiger partial charge in [-0.25, -0.2) is 0 Å². The van der Waals surface area contributed by atoms with Gasteiger partial charge in [-0.15, -0.1) is 0 Å². The summed E-state index contributed by atoms with van der Waals surface area (Å²) in [5, 5.41) is 16.6. The van der Waals surface area contributed by atoms with Gasteiger partial charge in [-0.2, -0.15) is 0 Å². The van der Waals surface area contributed by atoms with E-state index in [1.807, 2.05) is 31.3 Å². The Morgan fingerprint density at radius 3 is 2.39 bits per heavy atom. The van der Waals surface area contributed by atoms with Crippen LogP contribution in [0.15, 0.2) is 24.3 Å². The second kappa shape index (κ2) is 7.72. The molecule has 1 spiro atoms. The molecule has 0 aliphatic carbocycles. The van der Waals surface area contributed by atoms with Gasteiger partial charge < -0.3 is 25.5 Å². The zero-order chi connectivity index (χ0) is 19.7. The van der Waals surface area contributed by atoms with Crippen LogP contribution in [0.5, 0.6) is 0 Å². The highest BCUT2D eigenvalue weighted by Gasteiger charge is 2.55. The molecule has 7 heteroatoms. The molecule has 3 heterocycles. The van der Waals surface area contributed by atoms with Crippen molar-refractivity contribution in [1.82, 2.24) is 10.2 Å². The first-order chi connectivity index (χ1) is 13.5. The molecule has 2 atom stereocenters. The Morgan fingerprint density at radius 1 is 1.11 bits per heavy atom.